The Bertz CT molecular complexity index is 1240. The fourth-order valence-electron chi connectivity index (χ4n) is 4.83. The second-order valence-electron chi connectivity index (χ2n) is 9.13. The van der Waals surface area contributed by atoms with E-state index < -0.39 is 5.54 Å². The van der Waals surface area contributed by atoms with Crippen LogP contribution in [0.15, 0.2) is 60.0 Å². The number of likely N-dealkylation sites (tertiary alicyclic amines) is 1. The first kappa shape index (κ1) is 19.3. The molecule has 0 radical (unpaired) electrons. The van der Waals surface area contributed by atoms with Crippen molar-refractivity contribution < 1.29 is 9.47 Å². The number of hydrogen-bond acceptors (Lipinski definition) is 7. The van der Waals surface area contributed by atoms with Gasteiger partial charge in [-0.3, -0.25) is 9.88 Å². The molecule has 3 aliphatic rings. The minimum Gasteiger partial charge on any atom is -0.462 e. The van der Waals surface area contributed by atoms with E-state index >= 15 is 0 Å². The molecule has 2 aromatic heterocycles. The van der Waals surface area contributed by atoms with Gasteiger partial charge in [0.25, 0.3) is 6.02 Å². The average molecular weight is 428 g/mol. The maximum atomic E-state index is 6.25. The van der Waals surface area contributed by atoms with E-state index in [2.05, 4.69) is 35.9 Å². The zero-order chi connectivity index (χ0) is 21.9. The van der Waals surface area contributed by atoms with Gasteiger partial charge in [-0.1, -0.05) is 12.1 Å². The summed E-state index contributed by atoms with van der Waals surface area (Å²) >= 11 is 0. The van der Waals surface area contributed by atoms with Gasteiger partial charge in [0.15, 0.2) is 5.54 Å². The van der Waals surface area contributed by atoms with Gasteiger partial charge in [-0.05, 0) is 55.7 Å². The largest absolute Gasteiger partial charge is 0.462 e. The van der Waals surface area contributed by atoms with Crippen molar-refractivity contribution in [2.24, 2.45) is 10.7 Å². The van der Waals surface area contributed by atoms with Gasteiger partial charge in [0.05, 0.1) is 5.56 Å². The average Bonchev–Trinajstić information content (AvgIpc) is 3.15. The summed E-state index contributed by atoms with van der Waals surface area (Å²) in [7, 11) is 0. The molecule has 3 aliphatic heterocycles. The molecule has 3 aromatic rings. The monoisotopic (exact) mass is 427 g/mol. The molecule has 0 amide bonds. The summed E-state index contributed by atoms with van der Waals surface area (Å²) in [5.74, 6) is 1.27. The number of hydrogen-bond donors (Lipinski definition) is 1. The number of aliphatic imine (C=N–C) groups is 1. The van der Waals surface area contributed by atoms with Crippen molar-refractivity contribution in [2.45, 2.75) is 31.3 Å². The lowest BCUT2D eigenvalue weighted by atomic mass is 9.79. The molecule has 2 N–H and O–H groups in total. The second-order valence-corrected chi connectivity index (χ2v) is 9.13. The highest BCUT2D eigenvalue weighted by atomic mass is 16.5. The van der Waals surface area contributed by atoms with Crippen molar-refractivity contribution >= 4 is 6.02 Å². The lowest BCUT2D eigenvalue weighted by Crippen LogP contribution is -2.49. The van der Waals surface area contributed by atoms with Crippen molar-refractivity contribution in [1.82, 2.24) is 14.9 Å². The second kappa shape index (κ2) is 6.77. The van der Waals surface area contributed by atoms with Crippen molar-refractivity contribution in [2.75, 3.05) is 19.7 Å². The summed E-state index contributed by atoms with van der Waals surface area (Å²) in [5, 5.41) is 0. The Balaban J connectivity index is 1.52. The van der Waals surface area contributed by atoms with Gasteiger partial charge >= 0.3 is 0 Å². The molecule has 1 aromatic carbocycles. The van der Waals surface area contributed by atoms with Crippen LogP contribution in [-0.4, -0.2) is 40.6 Å². The van der Waals surface area contributed by atoms with Crippen LogP contribution >= 0.6 is 0 Å². The summed E-state index contributed by atoms with van der Waals surface area (Å²) in [6, 6.07) is 12.4. The smallest absolute Gasteiger partial charge is 0.283 e. The first-order chi connectivity index (χ1) is 15.5. The van der Waals surface area contributed by atoms with E-state index in [0.717, 1.165) is 46.7 Å². The van der Waals surface area contributed by atoms with Gasteiger partial charge in [-0.2, -0.15) is 0 Å². The van der Waals surface area contributed by atoms with E-state index in [0.29, 0.717) is 12.5 Å². The minimum absolute atomic E-state index is 0.131. The first-order valence-corrected chi connectivity index (χ1v) is 10.9. The van der Waals surface area contributed by atoms with Crippen LogP contribution in [0.2, 0.25) is 0 Å². The zero-order valence-electron chi connectivity index (χ0n) is 18.2. The maximum Gasteiger partial charge on any atom is 0.283 e. The Labute approximate surface area is 186 Å². The number of ether oxygens (including phenoxy) is 2. The number of fused-ring (bicyclic) bond motifs is 4. The van der Waals surface area contributed by atoms with Crippen molar-refractivity contribution in [1.29, 1.82) is 0 Å². The number of amidine groups is 1. The third-order valence-electron chi connectivity index (χ3n) is 7.01. The Morgan fingerprint density at radius 2 is 1.94 bits per heavy atom. The summed E-state index contributed by atoms with van der Waals surface area (Å²) in [6.07, 6.45) is 6.77. The van der Waals surface area contributed by atoms with Crippen LogP contribution in [0.4, 0.5) is 0 Å². The fraction of sp³-hybridized carbons (Fsp3) is 0.320. The summed E-state index contributed by atoms with van der Waals surface area (Å²) in [5.41, 5.74) is 10.1. The van der Waals surface area contributed by atoms with Crippen molar-refractivity contribution in [3.63, 3.8) is 0 Å². The Morgan fingerprint density at radius 3 is 2.62 bits per heavy atom. The van der Waals surface area contributed by atoms with Crippen LogP contribution in [0.5, 0.6) is 11.6 Å². The van der Waals surface area contributed by atoms with Gasteiger partial charge in [-0.25, -0.2) is 9.98 Å². The highest BCUT2D eigenvalue weighted by Crippen LogP contribution is 2.51. The van der Waals surface area contributed by atoms with Crippen LogP contribution in [-0.2, 0) is 15.8 Å². The number of pyridine rings is 2. The molecule has 0 aliphatic carbocycles. The molecule has 162 valence electrons. The quantitative estimate of drug-likeness (QED) is 0.685. The van der Waals surface area contributed by atoms with Gasteiger partial charge < -0.3 is 15.2 Å². The standard InChI is InChI=1S/C25H25N5O2/c1-24(2,30-9-4-10-30)18-12-20-22(28-14-18)32-21-7-6-16(17-5-3-8-27-13-17)11-19(21)25(20)15-31-23(26)29-25/h3,5-8,11-14H,4,9-10,15H2,1-2H3,(H2,26,29)/t25-/m0/s1. The fourth-order valence-corrected chi connectivity index (χ4v) is 4.83. The van der Waals surface area contributed by atoms with E-state index in [1.807, 2.05) is 36.7 Å². The lowest BCUT2D eigenvalue weighted by Gasteiger charge is -2.45. The molecule has 32 heavy (non-hydrogen) atoms. The topological polar surface area (TPSA) is 85.9 Å². The third kappa shape index (κ3) is 2.74. The third-order valence-corrected chi connectivity index (χ3v) is 7.01. The van der Waals surface area contributed by atoms with Gasteiger partial charge in [0, 0.05) is 48.3 Å². The lowest BCUT2D eigenvalue weighted by molar-refractivity contribution is 0.0528. The molecule has 0 saturated carbocycles. The summed E-state index contributed by atoms with van der Waals surface area (Å²) < 4.78 is 12.0. The number of rotatable bonds is 3. The van der Waals surface area contributed by atoms with Crippen LogP contribution in [0.3, 0.4) is 0 Å². The van der Waals surface area contributed by atoms with E-state index in [4.69, 9.17) is 25.2 Å². The molecule has 1 atom stereocenters. The predicted molar refractivity (Wildman–Crippen MR) is 122 cm³/mol. The van der Waals surface area contributed by atoms with Gasteiger partial charge in [0.2, 0.25) is 5.88 Å². The van der Waals surface area contributed by atoms with E-state index in [9.17, 15) is 0 Å². The SMILES string of the molecule is CC(C)(c1cnc2c(c1)[C@]1(COC(N)=N1)c1cc(-c3cccnc3)ccc1O2)N1CCC1. The van der Waals surface area contributed by atoms with Crippen LogP contribution in [0, 0.1) is 0 Å². The number of nitrogens with zero attached hydrogens (tertiary/aromatic N) is 4. The molecule has 6 rings (SSSR count). The molecule has 1 saturated heterocycles. The molecule has 0 bridgehead atoms. The zero-order valence-corrected chi connectivity index (χ0v) is 18.2. The summed E-state index contributed by atoms with van der Waals surface area (Å²) in [6.45, 7) is 6.98. The minimum atomic E-state index is -0.792. The molecule has 5 heterocycles. The normalized spacial score (nSPS) is 21.8. The van der Waals surface area contributed by atoms with E-state index in [-0.39, 0.29) is 11.6 Å². The maximum absolute atomic E-state index is 6.25. The molecule has 7 heteroatoms. The Hall–Kier alpha value is -3.45. The first-order valence-electron chi connectivity index (χ1n) is 10.9. The molecular formula is C25H25N5O2. The van der Waals surface area contributed by atoms with E-state index in [1.165, 1.54) is 6.42 Å². The highest BCUT2D eigenvalue weighted by Gasteiger charge is 2.48. The van der Waals surface area contributed by atoms with Gasteiger partial charge in [-0.15, -0.1) is 0 Å². The number of aromatic nitrogens is 2. The number of nitrogens with two attached hydrogens (primary N) is 1. The van der Waals surface area contributed by atoms with Crippen LogP contribution < -0.4 is 10.5 Å². The summed E-state index contributed by atoms with van der Waals surface area (Å²) in [4.78, 5) is 16.3. The molecular weight excluding hydrogens is 402 g/mol. The van der Waals surface area contributed by atoms with E-state index in [1.54, 1.807) is 6.20 Å². The molecule has 7 nitrogen and oxygen atoms in total. The molecule has 1 spiro atoms. The van der Waals surface area contributed by atoms with Gasteiger partial charge in [0.1, 0.15) is 12.4 Å². The molecule has 1 fully saturated rings. The highest BCUT2D eigenvalue weighted by molar-refractivity contribution is 5.77. The van der Waals surface area contributed by atoms with Crippen molar-refractivity contribution in [3.05, 3.63) is 71.7 Å². The molecule has 0 unspecified atom stereocenters. The Morgan fingerprint density at radius 1 is 1.06 bits per heavy atom. The van der Waals surface area contributed by atoms with Crippen LogP contribution in [0.1, 0.15) is 37.0 Å². The number of benzene rings is 1. The predicted octanol–water partition coefficient (Wildman–Crippen LogP) is 3.78. The van der Waals surface area contributed by atoms with Crippen LogP contribution in [0.25, 0.3) is 11.1 Å². The van der Waals surface area contributed by atoms with Crippen molar-refractivity contribution in [3.8, 4) is 22.8 Å². The Kier molecular flexibility index (Phi) is 4.07.